The third kappa shape index (κ3) is 1.78. The molecule has 0 bridgehead atoms. The van der Waals surface area contributed by atoms with E-state index in [1.165, 1.54) is 0 Å². The number of likely N-dealkylation sites (N-methyl/N-ethyl adjacent to an activating group) is 1. The van der Waals surface area contributed by atoms with Gasteiger partial charge in [-0.15, -0.1) is 0 Å². The predicted molar refractivity (Wildman–Crippen MR) is 94.2 cm³/mol. The number of hydrogen-bond donors (Lipinski definition) is 0. The number of allylic oxidation sites excluding steroid dienone is 1. The van der Waals surface area contributed by atoms with Crippen LogP contribution in [0, 0.1) is 0 Å². The Balaban J connectivity index is 1.56. The van der Waals surface area contributed by atoms with Crippen molar-refractivity contribution in [2.24, 2.45) is 0 Å². The standard InChI is InChI=1S/C20H15NO6/c1-21-13-7-17-16(25-9-26-17)6-11(13)14(22)4-5-20(21)8-23-18-12(20)2-3-15-19(18)27-10-24-15/h2-7H,8-10H2,1H3. The first-order valence-corrected chi connectivity index (χ1v) is 8.64. The number of carbonyl (C=O) groups is 1. The van der Waals surface area contributed by atoms with Crippen LogP contribution in [-0.2, 0) is 5.54 Å². The molecule has 0 aromatic heterocycles. The number of fused-ring (bicyclic) bond motifs is 6. The minimum absolute atomic E-state index is 0.0822. The van der Waals surface area contributed by atoms with Crippen molar-refractivity contribution in [2.75, 3.05) is 32.1 Å². The summed E-state index contributed by atoms with van der Waals surface area (Å²) >= 11 is 0. The average Bonchev–Trinajstić information content (AvgIpc) is 3.39. The molecule has 27 heavy (non-hydrogen) atoms. The Morgan fingerprint density at radius 3 is 2.59 bits per heavy atom. The van der Waals surface area contributed by atoms with Crippen LogP contribution >= 0.6 is 0 Å². The molecule has 2 aromatic carbocycles. The van der Waals surface area contributed by atoms with Crippen LogP contribution in [0.1, 0.15) is 15.9 Å². The molecule has 0 N–H and O–H groups in total. The second-order valence-corrected chi connectivity index (χ2v) is 6.87. The van der Waals surface area contributed by atoms with Gasteiger partial charge in [0, 0.05) is 24.2 Å². The maximum Gasteiger partial charge on any atom is 0.231 e. The molecule has 0 aliphatic carbocycles. The van der Waals surface area contributed by atoms with Crippen LogP contribution in [0.25, 0.3) is 0 Å². The topological polar surface area (TPSA) is 66.5 Å². The number of hydrogen-bond acceptors (Lipinski definition) is 7. The van der Waals surface area contributed by atoms with Crippen molar-refractivity contribution in [3.05, 3.63) is 47.5 Å². The molecule has 4 aliphatic rings. The third-order valence-corrected chi connectivity index (χ3v) is 5.62. The zero-order valence-corrected chi connectivity index (χ0v) is 14.5. The van der Waals surface area contributed by atoms with Crippen LogP contribution < -0.4 is 28.6 Å². The quantitative estimate of drug-likeness (QED) is 0.711. The second-order valence-electron chi connectivity index (χ2n) is 6.87. The first-order chi connectivity index (χ1) is 13.2. The van der Waals surface area contributed by atoms with Gasteiger partial charge in [0.25, 0.3) is 0 Å². The number of benzene rings is 2. The zero-order chi connectivity index (χ0) is 18.2. The summed E-state index contributed by atoms with van der Waals surface area (Å²) in [5.41, 5.74) is 1.64. The molecular formula is C20H15NO6. The van der Waals surface area contributed by atoms with Gasteiger partial charge in [-0.05, 0) is 30.4 Å². The summed E-state index contributed by atoms with van der Waals surface area (Å²) in [4.78, 5) is 14.9. The molecule has 136 valence electrons. The fourth-order valence-corrected chi connectivity index (χ4v) is 4.14. The summed E-state index contributed by atoms with van der Waals surface area (Å²) in [6.07, 6.45) is 3.50. The van der Waals surface area contributed by atoms with E-state index in [1.807, 2.05) is 31.3 Å². The van der Waals surface area contributed by atoms with Crippen LogP contribution in [0.3, 0.4) is 0 Å². The molecule has 1 spiro atoms. The van der Waals surface area contributed by atoms with Crippen molar-refractivity contribution in [2.45, 2.75) is 5.54 Å². The van der Waals surface area contributed by atoms with Gasteiger partial charge in [-0.1, -0.05) is 0 Å². The predicted octanol–water partition coefficient (Wildman–Crippen LogP) is 2.62. The van der Waals surface area contributed by atoms with Crippen LogP contribution in [0.4, 0.5) is 5.69 Å². The lowest BCUT2D eigenvalue weighted by Crippen LogP contribution is -2.43. The highest BCUT2D eigenvalue weighted by molar-refractivity contribution is 6.10. The van der Waals surface area contributed by atoms with E-state index >= 15 is 0 Å². The molecular weight excluding hydrogens is 350 g/mol. The maximum absolute atomic E-state index is 12.8. The van der Waals surface area contributed by atoms with Gasteiger partial charge in [0.05, 0.1) is 5.69 Å². The monoisotopic (exact) mass is 365 g/mol. The zero-order valence-electron chi connectivity index (χ0n) is 14.5. The third-order valence-electron chi connectivity index (χ3n) is 5.62. The van der Waals surface area contributed by atoms with Crippen molar-refractivity contribution in [1.82, 2.24) is 0 Å². The summed E-state index contributed by atoms with van der Waals surface area (Å²) in [5.74, 6) is 3.10. The molecule has 0 amide bonds. The first kappa shape index (κ1) is 14.8. The van der Waals surface area contributed by atoms with Crippen LogP contribution in [-0.4, -0.2) is 33.0 Å². The normalized spacial score (nSPS) is 23.3. The van der Waals surface area contributed by atoms with Crippen molar-refractivity contribution >= 4 is 11.5 Å². The minimum Gasteiger partial charge on any atom is -0.486 e. The Labute approximate surface area is 154 Å². The number of anilines is 1. The lowest BCUT2D eigenvalue weighted by Gasteiger charge is -2.36. The van der Waals surface area contributed by atoms with E-state index in [-0.39, 0.29) is 19.4 Å². The average molecular weight is 365 g/mol. The largest absolute Gasteiger partial charge is 0.486 e. The van der Waals surface area contributed by atoms with E-state index in [9.17, 15) is 4.79 Å². The van der Waals surface area contributed by atoms with Crippen LogP contribution in [0.15, 0.2) is 36.4 Å². The number of nitrogens with zero attached hydrogens (tertiary/aromatic N) is 1. The molecule has 4 heterocycles. The van der Waals surface area contributed by atoms with Crippen LogP contribution in [0.5, 0.6) is 28.7 Å². The summed E-state index contributed by atoms with van der Waals surface area (Å²) in [5, 5.41) is 0. The summed E-state index contributed by atoms with van der Waals surface area (Å²) in [6.45, 7) is 0.696. The number of ketones is 1. The molecule has 0 radical (unpaired) electrons. The van der Waals surface area contributed by atoms with E-state index in [2.05, 4.69) is 4.90 Å². The van der Waals surface area contributed by atoms with E-state index < -0.39 is 5.54 Å². The number of rotatable bonds is 0. The van der Waals surface area contributed by atoms with Gasteiger partial charge in [-0.2, -0.15) is 0 Å². The van der Waals surface area contributed by atoms with E-state index in [4.69, 9.17) is 23.7 Å². The molecule has 7 nitrogen and oxygen atoms in total. The number of carbonyl (C=O) groups excluding carboxylic acids is 1. The van der Waals surface area contributed by atoms with Crippen molar-refractivity contribution in [1.29, 1.82) is 0 Å². The Morgan fingerprint density at radius 2 is 1.70 bits per heavy atom. The Hall–Kier alpha value is -3.35. The van der Waals surface area contributed by atoms with Gasteiger partial charge in [-0.25, -0.2) is 0 Å². The van der Waals surface area contributed by atoms with Gasteiger partial charge < -0.3 is 28.6 Å². The fourth-order valence-electron chi connectivity index (χ4n) is 4.14. The van der Waals surface area contributed by atoms with Crippen molar-refractivity contribution in [3.63, 3.8) is 0 Å². The molecule has 7 heteroatoms. The van der Waals surface area contributed by atoms with Gasteiger partial charge in [0.1, 0.15) is 12.1 Å². The Kier molecular flexibility index (Phi) is 2.67. The fraction of sp³-hybridized carbons (Fsp3) is 0.250. The van der Waals surface area contributed by atoms with E-state index in [0.717, 1.165) is 11.3 Å². The maximum atomic E-state index is 12.8. The molecule has 0 fully saturated rings. The molecule has 0 saturated heterocycles. The minimum atomic E-state index is -0.634. The highest BCUT2D eigenvalue weighted by atomic mass is 16.7. The van der Waals surface area contributed by atoms with Gasteiger partial charge in [0.15, 0.2) is 28.8 Å². The molecule has 1 unspecified atom stereocenters. The second kappa shape index (κ2) is 4.88. The lowest BCUT2D eigenvalue weighted by molar-refractivity contribution is 0.104. The van der Waals surface area contributed by atoms with E-state index in [0.29, 0.717) is 40.9 Å². The number of ether oxygens (including phenoxy) is 5. The Bertz CT molecular complexity index is 1050. The summed E-state index contributed by atoms with van der Waals surface area (Å²) < 4.78 is 28.1. The van der Waals surface area contributed by atoms with Crippen molar-refractivity contribution in [3.8, 4) is 28.7 Å². The smallest absolute Gasteiger partial charge is 0.231 e. The van der Waals surface area contributed by atoms with Crippen molar-refractivity contribution < 1.29 is 28.5 Å². The summed E-state index contributed by atoms with van der Waals surface area (Å²) in [6, 6.07) is 7.46. The molecule has 0 saturated carbocycles. The van der Waals surface area contributed by atoms with Gasteiger partial charge >= 0.3 is 0 Å². The SMILES string of the molecule is CN1c2cc3c(cc2C(=O)C=CC12COc1c2ccc2c1OCO2)OCO3. The molecule has 2 aromatic rings. The van der Waals surface area contributed by atoms with Gasteiger partial charge in [0.2, 0.25) is 19.3 Å². The summed E-state index contributed by atoms with van der Waals surface area (Å²) in [7, 11) is 1.95. The Morgan fingerprint density at radius 1 is 0.926 bits per heavy atom. The van der Waals surface area contributed by atoms with Crippen LogP contribution in [0.2, 0.25) is 0 Å². The highest BCUT2D eigenvalue weighted by Crippen LogP contribution is 2.54. The highest BCUT2D eigenvalue weighted by Gasteiger charge is 2.47. The van der Waals surface area contributed by atoms with Gasteiger partial charge in [-0.3, -0.25) is 4.79 Å². The first-order valence-electron chi connectivity index (χ1n) is 8.64. The lowest BCUT2D eigenvalue weighted by atomic mass is 9.89. The van der Waals surface area contributed by atoms with E-state index in [1.54, 1.807) is 12.1 Å². The molecule has 4 aliphatic heterocycles. The molecule has 6 rings (SSSR count). The molecule has 1 atom stereocenters.